The first-order valence-corrected chi connectivity index (χ1v) is 10.2. The van der Waals surface area contributed by atoms with Crippen molar-refractivity contribution in [2.75, 3.05) is 0 Å². The number of nitrogens with zero attached hydrogens (tertiary/aromatic N) is 4. The molecule has 4 rings (SSSR count). The van der Waals surface area contributed by atoms with E-state index in [1.807, 2.05) is 44.2 Å². The number of hydrogen-bond acceptors (Lipinski definition) is 5. The summed E-state index contributed by atoms with van der Waals surface area (Å²) in [5, 5.41) is 14.5. The van der Waals surface area contributed by atoms with Gasteiger partial charge in [-0.2, -0.15) is 0 Å². The number of thioether (sulfide) groups is 1. The van der Waals surface area contributed by atoms with Crippen LogP contribution in [-0.4, -0.2) is 19.9 Å². The van der Waals surface area contributed by atoms with Gasteiger partial charge in [-0.3, -0.25) is 4.57 Å². The van der Waals surface area contributed by atoms with Crippen molar-refractivity contribution in [2.45, 2.75) is 31.7 Å². The van der Waals surface area contributed by atoms with E-state index in [4.69, 9.17) is 16.1 Å². The first-order chi connectivity index (χ1) is 13.5. The van der Waals surface area contributed by atoms with Gasteiger partial charge in [0.05, 0.1) is 5.69 Å². The summed E-state index contributed by atoms with van der Waals surface area (Å²) in [6.07, 6.45) is 0. The Morgan fingerprint density at radius 3 is 2.50 bits per heavy atom. The Bertz CT molecular complexity index is 1100. The molecule has 0 aliphatic carbocycles. The average molecular weight is 411 g/mol. The minimum absolute atomic E-state index is 0.693. The molecule has 4 aromatic rings. The molecule has 0 amide bonds. The molecule has 0 fully saturated rings. The first-order valence-electron chi connectivity index (χ1n) is 8.86. The molecule has 0 N–H and O–H groups in total. The highest BCUT2D eigenvalue weighted by atomic mass is 35.5. The first kappa shape index (κ1) is 18.8. The van der Waals surface area contributed by atoms with E-state index in [1.165, 1.54) is 5.56 Å². The highest BCUT2D eigenvalue weighted by Crippen LogP contribution is 2.31. The van der Waals surface area contributed by atoms with Crippen LogP contribution in [0.1, 0.15) is 22.6 Å². The van der Waals surface area contributed by atoms with E-state index in [0.29, 0.717) is 10.8 Å². The van der Waals surface area contributed by atoms with Crippen LogP contribution in [-0.2, 0) is 5.75 Å². The van der Waals surface area contributed by atoms with Crippen molar-refractivity contribution in [3.63, 3.8) is 0 Å². The highest BCUT2D eigenvalue weighted by molar-refractivity contribution is 7.98. The summed E-state index contributed by atoms with van der Waals surface area (Å²) >= 11 is 7.67. The Kier molecular flexibility index (Phi) is 5.24. The summed E-state index contributed by atoms with van der Waals surface area (Å²) in [5.74, 6) is 2.33. The average Bonchev–Trinajstić information content (AvgIpc) is 3.24. The summed E-state index contributed by atoms with van der Waals surface area (Å²) in [5.41, 5.74) is 5.16. The van der Waals surface area contributed by atoms with Crippen LogP contribution in [0.3, 0.4) is 0 Å². The van der Waals surface area contributed by atoms with E-state index in [1.54, 1.807) is 11.8 Å². The second kappa shape index (κ2) is 7.81. The molecule has 0 atom stereocenters. The van der Waals surface area contributed by atoms with Gasteiger partial charge in [0.2, 0.25) is 0 Å². The van der Waals surface area contributed by atoms with Crippen LogP contribution in [0.2, 0.25) is 5.02 Å². The van der Waals surface area contributed by atoms with Crippen molar-refractivity contribution in [1.82, 2.24) is 19.9 Å². The third kappa shape index (κ3) is 3.70. The fourth-order valence-corrected chi connectivity index (χ4v) is 4.22. The molecule has 28 heavy (non-hydrogen) atoms. The predicted molar refractivity (Wildman–Crippen MR) is 112 cm³/mol. The van der Waals surface area contributed by atoms with Gasteiger partial charge < -0.3 is 4.52 Å². The SMILES string of the molecule is Cc1cccc(-n2c(SCc3c(C)noc3C)nnc2-c2ccc(Cl)cc2)c1. The highest BCUT2D eigenvalue weighted by Gasteiger charge is 2.18. The fourth-order valence-electron chi connectivity index (χ4n) is 2.99. The second-order valence-corrected chi connectivity index (χ2v) is 7.96. The van der Waals surface area contributed by atoms with E-state index >= 15 is 0 Å². The smallest absolute Gasteiger partial charge is 0.196 e. The molecule has 2 heterocycles. The van der Waals surface area contributed by atoms with Gasteiger partial charge in [0.15, 0.2) is 11.0 Å². The minimum atomic E-state index is 0.693. The van der Waals surface area contributed by atoms with Crippen molar-refractivity contribution >= 4 is 23.4 Å². The van der Waals surface area contributed by atoms with Crippen LogP contribution < -0.4 is 0 Å². The predicted octanol–water partition coefficient (Wildman–Crippen LogP) is 5.79. The van der Waals surface area contributed by atoms with Gasteiger partial charge in [-0.1, -0.05) is 40.7 Å². The van der Waals surface area contributed by atoms with Gasteiger partial charge >= 0.3 is 0 Å². The van der Waals surface area contributed by atoms with Crippen LogP contribution >= 0.6 is 23.4 Å². The molecule has 0 saturated carbocycles. The Labute approximate surface area is 172 Å². The summed E-state index contributed by atoms with van der Waals surface area (Å²) in [6, 6.07) is 16.0. The third-order valence-corrected chi connectivity index (χ3v) is 5.73. The lowest BCUT2D eigenvalue weighted by Gasteiger charge is -2.11. The lowest BCUT2D eigenvalue weighted by Crippen LogP contribution is -2.00. The Hall–Kier alpha value is -2.57. The van der Waals surface area contributed by atoms with E-state index in [2.05, 4.69) is 45.0 Å². The lowest BCUT2D eigenvalue weighted by molar-refractivity contribution is 0.392. The van der Waals surface area contributed by atoms with Crippen LogP contribution in [0.15, 0.2) is 58.2 Å². The Balaban J connectivity index is 1.77. The molecule has 2 aromatic heterocycles. The summed E-state index contributed by atoms with van der Waals surface area (Å²) in [4.78, 5) is 0. The molecule has 0 aliphatic rings. The van der Waals surface area contributed by atoms with Gasteiger partial charge in [0.25, 0.3) is 0 Å². The molecule has 0 unspecified atom stereocenters. The van der Waals surface area contributed by atoms with Crippen LogP contribution in [0.5, 0.6) is 0 Å². The van der Waals surface area contributed by atoms with Gasteiger partial charge in [0, 0.05) is 27.6 Å². The molecular weight excluding hydrogens is 392 g/mol. The van der Waals surface area contributed by atoms with E-state index < -0.39 is 0 Å². The molecule has 7 heteroatoms. The standard InChI is InChI=1S/C21H19ClN4OS/c1-13-5-4-6-18(11-13)26-20(16-7-9-17(22)10-8-16)23-24-21(26)28-12-19-14(2)25-27-15(19)3/h4-11H,12H2,1-3H3. The van der Waals surface area contributed by atoms with E-state index in [-0.39, 0.29) is 0 Å². The molecular formula is C21H19ClN4OS. The summed E-state index contributed by atoms with van der Waals surface area (Å²) < 4.78 is 7.36. The van der Waals surface area contributed by atoms with Gasteiger partial charge in [-0.15, -0.1) is 10.2 Å². The molecule has 142 valence electrons. The van der Waals surface area contributed by atoms with Crippen molar-refractivity contribution in [2.24, 2.45) is 0 Å². The normalized spacial score (nSPS) is 11.1. The van der Waals surface area contributed by atoms with Crippen molar-refractivity contribution < 1.29 is 4.52 Å². The molecule has 0 saturated heterocycles. The molecule has 0 bridgehead atoms. The third-order valence-electron chi connectivity index (χ3n) is 4.52. The lowest BCUT2D eigenvalue weighted by atomic mass is 10.2. The molecule has 0 spiro atoms. The van der Waals surface area contributed by atoms with Crippen molar-refractivity contribution in [3.8, 4) is 17.1 Å². The second-order valence-electron chi connectivity index (χ2n) is 6.58. The van der Waals surface area contributed by atoms with E-state index in [0.717, 1.165) is 39.2 Å². The maximum Gasteiger partial charge on any atom is 0.196 e. The summed E-state index contributed by atoms with van der Waals surface area (Å²) in [6.45, 7) is 5.96. The summed E-state index contributed by atoms with van der Waals surface area (Å²) in [7, 11) is 0. The maximum absolute atomic E-state index is 6.06. The number of benzene rings is 2. The van der Waals surface area contributed by atoms with Crippen LogP contribution in [0, 0.1) is 20.8 Å². The fraction of sp³-hybridized carbons (Fsp3) is 0.190. The zero-order chi connectivity index (χ0) is 19.7. The number of aryl methyl sites for hydroxylation is 3. The van der Waals surface area contributed by atoms with Gasteiger partial charge in [0.1, 0.15) is 5.76 Å². The Morgan fingerprint density at radius 1 is 1.04 bits per heavy atom. The molecule has 0 aliphatic heterocycles. The zero-order valence-corrected chi connectivity index (χ0v) is 17.4. The topological polar surface area (TPSA) is 56.7 Å². The molecule has 5 nitrogen and oxygen atoms in total. The quantitative estimate of drug-likeness (QED) is 0.389. The van der Waals surface area contributed by atoms with Crippen LogP contribution in [0.4, 0.5) is 0 Å². The van der Waals surface area contributed by atoms with Gasteiger partial charge in [-0.25, -0.2) is 0 Å². The Morgan fingerprint density at radius 2 is 1.82 bits per heavy atom. The number of rotatable bonds is 5. The number of hydrogen-bond donors (Lipinski definition) is 0. The zero-order valence-electron chi connectivity index (χ0n) is 15.8. The maximum atomic E-state index is 6.06. The number of halogens is 1. The largest absolute Gasteiger partial charge is 0.361 e. The minimum Gasteiger partial charge on any atom is -0.361 e. The van der Waals surface area contributed by atoms with Gasteiger partial charge in [-0.05, 0) is 62.7 Å². The van der Waals surface area contributed by atoms with Crippen LogP contribution in [0.25, 0.3) is 17.1 Å². The monoisotopic (exact) mass is 410 g/mol. The van der Waals surface area contributed by atoms with Crippen molar-refractivity contribution in [3.05, 3.63) is 76.1 Å². The van der Waals surface area contributed by atoms with E-state index in [9.17, 15) is 0 Å². The number of aromatic nitrogens is 4. The molecule has 2 aromatic carbocycles. The molecule has 0 radical (unpaired) electrons. The van der Waals surface area contributed by atoms with Crippen molar-refractivity contribution in [1.29, 1.82) is 0 Å².